The minimum absolute atomic E-state index is 0.147. The van der Waals surface area contributed by atoms with E-state index in [0.29, 0.717) is 0 Å². The Labute approximate surface area is 109 Å². The predicted molar refractivity (Wildman–Crippen MR) is 66.0 cm³/mol. The second kappa shape index (κ2) is 5.23. The first-order chi connectivity index (χ1) is 8.56. The van der Waals surface area contributed by atoms with E-state index < -0.39 is 0 Å². The second-order valence-electron chi connectivity index (χ2n) is 3.85. The van der Waals surface area contributed by atoms with E-state index in [1.54, 1.807) is 19.1 Å². The molecule has 0 saturated heterocycles. The van der Waals surface area contributed by atoms with Crippen LogP contribution in [0.4, 0.5) is 4.39 Å². The lowest BCUT2D eigenvalue weighted by molar-refractivity contribution is 0.0912. The minimum Gasteiger partial charge on any atom is -0.440 e. The number of rotatable bonds is 3. The van der Waals surface area contributed by atoms with Gasteiger partial charge < -0.3 is 9.73 Å². The maximum atomic E-state index is 12.8. The van der Waals surface area contributed by atoms with Crippen molar-refractivity contribution in [2.24, 2.45) is 0 Å². The molecule has 1 atom stereocenters. The van der Waals surface area contributed by atoms with Gasteiger partial charge in [0, 0.05) is 0 Å². The van der Waals surface area contributed by atoms with Crippen LogP contribution in [0.5, 0.6) is 0 Å². The van der Waals surface area contributed by atoms with Crippen LogP contribution in [0, 0.1) is 5.82 Å². The number of carbonyl (C=O) groups is 1. The highest BCUT2D eigenvalue weighted by molar-refractivity contribution is 6.29. The Hall–Kier alpha value is -1.81. The van der Waals surface area contributed by atoms with Crippen molar-refractivity contribution in [2.75, 3.05) is 0 Å². The molecule has 1 N–H and O–H groups in total. The lowest BCUT2D eigenvalue weighted by atomic mass is 10.1. The van der Waals surface area contributed by atoms with Gasteiger partial charge in [-0.2, -0.15) is 0 Å². The van der Waals surface area contributed by atoms with Gasteiger partial charge in [0.15, 0.2) is 11.0 Å². The first-order valence-corrected chi connectivity index (χ1v) is 5.76. The van der Waals surface area contributed by atoms with Gasteiger partial charge in [-0.25, -0.2) is 4.39 Å². The number of hydrogen-bond acceptors (Lipinski definition) is 2. The molecule has 0 spiro atoms. The molecule has 0 radical (unpaired) electrons. The Kier molecular flexibility index (Phi) is 3.67. The molecule has 0 aliphatic heterocycles. The van der Waals surface area contributed by atoms with Gasteiger partial charge in [0.05, 0.1) is 6.04 Å². The molecule has 0 fully saturated rings. The van der Waals surface area contributed by atoms with E-state index in [0.717, 1.165) is 5.56 Å². The number of nitrogens with one attached hydrogen (secondary N) is 1. The van der Waals surface area contributed by atoms with Crippen molar-refractivity contribution in [1.82, 2.24) is 5.32 Å². The SMILES string of the molecule is CC(NC(=O)c1ccc(Cl)o1)c1ccc(F)cc1. The number of amides is 1. The zero-order chi connectivity index (χ0) is 13.1. The fraction of sp³-hybridized carbons (Fsp3) is 0.154. The van der Waals surface area contributed by atoms with E-state index in [2.05, 4.69) is 5.32 Å². The molecule has 1 aromatic heterocycles. The highest BCUT2D eigenvalue weighted by atomic mass is 35.5. The summed E-state index contributed by atoms with van der Waals surface area (Å²) in [5.74, 6) is -0.525. The monoisotopic (exact) mass is 267 g/mol. The average molecular weight is 268 g/mol. The van der Waals surface area contributed by atoms with Crippen LogP contribution in [-0.4, -0.2) is 5.91 Å². The molecule has 1 amide bonds. The van der Waals surface area contributed by atoms with Crippen molar-refractivity contribution in [3.8, 4) is 0 Å². The molecular weight excluding hydrogens is 257 g/mol. The standard InChI is InChI=1S/C13H11ClFNO2/c1-8(9-2-4-10(15)5-3-9)16-13(17)11-6-7-12(14)18-11/h2-8H,1H3,(H,16,17). The largest absolute Gasteiger partial charge is 0.440 e. The number of halogens is 2. The van der Waals surface area contributed by atoms with Crippen LogP contribution in [0.2, 0.25) is 5.22 Å². The highest BCUT2D eigenvalue weighted by Gasteiger charge is 2.14. The molecule has 0 saturated carbocycles. The molecule has 2 rings (SSSR count). The van der Waals surface area contributed by atoms with Crippen LogP contribution in [0.15, 0.2) is 40.8 Å². The van der Waals surface area contributed by atoms with Crippen molar-refractivity contribution in [2.45, 2.75) is 13.0 Å². The van der Waals surface area contributed by atoms with Crippen molar-refractivity contribution >= 4 is 17.5 Å². The van der Waals surface area contributed by atoms with Gasteiger partial charge in [-0.3, -0.25) is 4.79 Å². The fourth-order valence-corrected chi connectivity index (χ4v) is 1.68. The Morgan fingerprint density at radius 3 is 2.50 bits per heavy atom. The van der Waals surface area contributed by atoms with E-state index in [9.17, 15) is 9.18 Å². The number of benzene rings is 1. The third-order valence-corrected chi connectivity index (χ3v) is 2.72. The van der Waals surface area contributed by atoms with Crippen molar-refractivity contribution in [3.05, 3.63) is 58.8 Å². The Morgan fingerprint density at radius 2 is 1.94 bits per heavy atom. The van der Waals surface area contributed by atoms with Crippen molar-refractivity contribution in [3.63, 3.8) is 0 Å². The zero-order valence-electron chi connectivity index (χ0n) is 9.61. The molecule has 18 heavy (non-hydrogen) atoms. The Bertz CT molecular complexity index is 550. The maximum absolute atomic E-state index is 12.8. The fourth-order valence-electron chi connectivity index (χ4n) is 1.54. The molecule has 5 heteroatoms. The summed E-state index contributed by atoms with van der Waals surface area (Å²) in [5, 5.41) is 2.89. The summed E-state index contributed by atoms with van der Waals surface area (Å²) in [6, 6.07) is 8.68. The third kappa shape index (κ3) is 2.90. The molecule has 0 aliphatic carbocycles. The highest BCUT2D eigenvalue weighted by Crippen LogP contribution is 2.16. The van der Waals surface area contributed by atoms with Crippen LogP contribution in [0.25, 0.3) is 0 Å². The van der Waals surface area contributed by atoms with E-state index in [1.807, 2.05) is 0 Å². The van der Waals surface area contributed by atoms with Crippen LogP contribution in [0.1, 0.15) is 29.1 Å². The summed E-state index contributed by atoms with van der Waals surface area (Å²) < 4.78 is 17.8. The van der Waals surface area contributed by atoms with Crippen LogP contribution in [-0.2, 0) is 0 Å². The molecule has 0 aliphatic rings. The Morgan fingerprint density at radius 1 is 1.28 bits per heavy atom. The van der Waals surface area contributed by atoms with Gasteiger partial charge in [0.25, 0.3) is 5.91 Å². The summed E-state index contributed by atoms with van der Waals surface area (Å²) >= 11 is 5.59. The van der Waals surface area contributed by atoms with E-state index in [4.69, 9.17) is 16.0 Å². The number of hydrogen-bond donors (Lipinski definition) is 1. The summed E-state index contributed by atoms with van der Waals surface area (Å²) in [6.45, 7) is 1.80. The van der Waals surface area contributed by atoms with E-state index >= 15 is 0 Å². The second-order valence-corrected chi connectivity index (χ2v) is 4.22. The topological polar surface area (TPSA) is 42.2 Å². The lowest BCUT2D eigenvalue weighted by Crippen LogP contribution is -2.26. The zero-order valence-corrected chi connectivity index (χ0v) is 10.4. The molecule has 94 valence electrons. The molecular formula is C13H11ClFNO2. The third-order valence-electron chi connectivity index (χ3n) is 2.51. The van der Waals surface area contributed by atoms with Crippen LogP contribution >= 0.6 is 11.6 Å². The predicted octanol–water partition coefficient (Wildman–Crippen LogP) is 3.56. The molecule has 0 bridgehead atoms. The lowest BCUT2D eigenvalue weighted by Gasteiger charge is -2.13. The molecule has 1 aromatic carbocycles. The van der Waals surface area contributed by atoms with Gasteiger partial charge in [0.1, 0.15) is 5.82 Å². The first kappa shape index (κ1) is 12.6. The van der Waals surface area contributed by atoms with Gasteiger partial charge in [-0.15, -0.1) is 0 Å². The van der Waals surface area contributed by atoms with Crippen LogP contribution in [0.3, 0.4) is 0 Å². The van der Waals surface area contributed by atoms with Gasteiger partial charge >= 0.3 is 0 Å². The van der Waals surface area contributed by atoms with Crippen molar-refractivity contribution < 1.29 is 13.6 Å². The minimum atomic E-state index is -0.362. The molecule has 1 unspecified atom stereocenters. The first-order valence-electron chi connectivity index (χ1n) is 5.38. The van der Waals surface area contributed by atoms with Gasteiger partial charge in [-0.05, 0) is 48.4 Å². The normalized spacial score (nSPS) is 12.2. The summed E-state index contributed by atoms with van der Waals surface area (Å²) in [4.78, 5) is 11.8. The number of furan rings is 1. The summed E-state index contributed by atoms with van der Waals surface area (Å²) in [5.41, 5.74) is 0.808. The molecule has 1 heterocycles. The number of carbonyl (C=O) groups excluding carboxylic acids is 1. The van der Waals surface area contributed by atoms with Gasteiger partial charge in [-0.1, -0.05) is 12.1 Å². The van der Waals surface area contributed by atoms with E-state index in [-0.39, 0.29) is 28.7 Å². The molecule has 3 nitrogen and oxygen atoms in total. The smallest absolute Gasteiger partial charge is 0.287 e. The Balaban J connectivity index is 2.05. The molecule has 2 aromatic rings. The van der Waals surface area contributed by atoms with E-state index in [1.165, 1.54) is 24.3 Å². The quantitative estimate of drug-likeness (QED) is 0.924. The summed E-state index contributed by atoms with van der Waals surface area (Å²) in [7, 11) is 0. The van der Waals surface area contributed by atoms with Crippen LogP contribution < -0.4 is 5.32 Å². The van der Waals surface area contributed by atoms with Gasteiger partial charge in [0.2, 0.25) is 0 Å². The maximum Gasteiger partial charge on any atom is 0.287 e. The average Bonchev–Trinajstić information content (AvgIpc) is 2.76. The summed E-state index contributed by atoms with van der Waals surface area (Å²) in [6.07, 6.45) is 0. The van der Waals surface area contributed by atoms with Crippen molar-refractivity contribution in [1.29, 1.82) is 0 Å².